The molecule has 0 spiro atoms. The normalized spacial score (nSPS) is 16.1. The predicted molar refractivity (Wildman–Crippen MR) is 86.7 cm³/mol. The summed E-state index contributed by atoms with van der Waals surface area (Å²) in [6, 6.07) is 1.88. The van der Waals surface area contributed by atoms with Crippen molar-refractivity contribution in [1.82, 2.24) is 19.9 Å². The third-order valence-corrected chi connectivity index (χ3v) is 4.10. The molecule has 0 aliphatic carbocycles. The average molecular weight is 317 g/mol. The highest BCUT2D eigenvalue weighted by molar-refractivity contribution is 5.41. The second-order valence-corrected chi connectivity index (χ2v) is 6.00. The molecule has 0 bridgehead atoms. The lowest BCUT2D eigenvalue weighted by Crippen LogP contribution is -2.46. The van der Waals surface area contributed by atoms with Gasteiger partial charge in [0.25, 0.3) is 0 Å². The van der Waals surface area contributed by atoms with Crippen LogP contribution in [0.15, 0.2) is 23.2 Å². The molecule has 3 rings (SSSR count). The molecule has 0 atom stereocenters. The minimum atomic E-state index is 0.363. The van der Waals surface area contributed by atoms with E-state index in [9.17, 15) is 0 Å². The van der Waals surface area contributed by atoms with Crippen LogP contribution in [-0.2, 0) is 6.54 Å². The summed E-state index contributed by atoms with van der Waals surface area (Å²) in [7, 11) is 1.62. The summed E-state index contributed by atoms with van der Waals surface area (Å²) < 4.78 is 10.7. The van der Waals surface area contributed by atoms with E-state index < -0.39 is 0 Å². The lowest BCUT2D eigenvalue weighted by molar-refractivity contribution is 0.244. The Kier molecular flexibility index (Phi) is 4.76. The van der Waals surface area contributed by atoms with Gasteiger partial charge in [0.1, 0.15) is 17.9 Å². The van der Waals surface area contributed by atoms with Crippen LogP contribution >= 0.6 is 0 Å². The Morgan fingerprint density at radius 1 is 1.17 bits per heavy atom. The third-order valence-electron chi connectivity index (χ3n) is 4.10. The van der Waals surface area contributed by atoms with Gasteiger partial charge in [0.05, 0.1) is 12.8 Å². The molecule has 23 heavy (non-hydrogen) atoms. The zero-order valence-corrected chi connectivity index (χ0v) is 13.9. The molecule has 1 aliphatic heterocycles. The molecule has 7 heteroatoms. The Bertz CT molecular complexity index is 635. The Morgan fingerprint density at radius 3 is 2.65 bits per heavy atom. The largest absolute Gasteiger partial charge is 0.481 e. The van der Waals surface area contributed by atoms with Gasteiger partial charge < -0.3 is 14.1 Å². The molecule has 3 heterocycles. The molecular formula is C16H23N5O2. The van der Waals surface area contributed by atoms with Crippen LogP contribution in [0, 0.1) is 0 Å². The maximum atomic E-state index is 5.50. The van der Waals surface area contributed by atoms with Crippen molar-refractivity contribution in [3.8, 4) is 5.88 Å². The van der Waals surface area contributed by atoms with Crippen molar-refractivity contribution in [3.05, 3.63) is 30.2 Å². The van der Waals surface area contributed by atoms with Gasteiger partial charge >= 0.3 is 0 Å². The van der Waals surface area contributed by atoms with E-state index in [4.69, 9.17) is 9.15 Å². The van der Waals surface area contributed by atoms with Crippen LogP contribution < -0.4 is 9.64 Å². The van der Waals surface area contributed by atoms with Crippen LogP contribution in [0.1, 0.15) is 31.2 Å². The molecule has 0 saturated carbocycles. The molecule has 0 aromatic carbocycles. The van der Waals surface area contributed by atoms with Crippen LogP contribution in [0.5, 0.6) is 5.88 Å². The SMILES string of the molecule is COc1cc(N2CCN(Cc3ncoc3C(C)C)CC2)ncn1. The molecule has 124 valence electrons. The average Bonchev–Trinajstić information content (AvgIpc) is 3.04. The summed E-state index contributed by atoms with van der Waals surface area (Å²) in [5.41, 5.74) is 1.05. The number of oxazole rings is 1. The van der Waals surface area contributed by atoms with Gasteiger partial charge in [-0.2, -0.15) is 0 Å². The van der Waals surface area contributed by atoms with E-state index >= 15 is 0 Å². The van der Waals surface area contributed by atoms with E-state index in [1.807, 2.05) is 6.07 Å². The van der Waals surface area contributed by atoms with Gasteiger partial charge in [-0.05, 0) is 0 Å². The van der Waals surface area contributed by atoms with E-state index in [2.05, 4.69) is 38.6 Å². The number of rotatable bonds is 5. The fourth-order valence-electron chi connectivity index (χ4n) is 2.83. The highest BCUT2D eigenvalue weighted by atomic mass is 16.5. The van der Waals surface area contributed by atoms with Crippen LogP contribution in [-0.4, -0.2) is 53.1 Å². The van der Waals surface area contributed by atoms with Gasteiger partial charge in [-0.15, -0.1) is 0 Å². The lowest BCUT2D eigenvalue weighted by Gasteiger charge is -2.35. The molecule has 1 fully saturated rings. The molecule has 7 nitrogen and oxygen atoms in total. The van der Waals surface area contributed by atoms with Gasteiger partial charge in [0.15, 0.2) is 6.39 Å². The van der Waals surface area contributed by atoms with Gasteiger partial charge in [0.2, 0.25) is 5.88 Å². The topological polar surface area (TPSA) is 67.5 Å². The van der Waals surface area contributed by atoms with Crippen molar-refractivity contribution in [3.63, 3.8) is 0 Å². The number of hydrogen-bond acceptors (Lipinski definition) is 7. The van der Waals surface area contributed by atoms with E-state index in [1.54, 1.807) is 19.8 Å². The van der Waals surface area contributed by atoms with E-state index in [0.29, 0.717) is 11.8 Å². The summed E-state index contributed by atoms with van der Waals surface area (Å²) in [5.74, 6) is 2.87. The first kappa shape index (κ1) is 15.7. The Labute approximate surface area is 136 Å². The second kappa shape index (κ2) is 6.95. The third kappa shape index (κ3) is 3.61. The first-order chi connectivity index (χ1) is 11.2. The molecule has 0 N–H and O–H groups in total. The summed E-state index contributed by atoms with van der Waals surface area (Å²) in [5, 5.41) is 0. The number of nitrogens with zero attached hydrogens (tertiary/aromatic N) is 5. The molecule has 1 saturated heterocycles. The van der Waals surface area contributed by atoms with Crippen molar-refractivity contribution in [2.75, 3.05) is 38.2 Å². The monoisotopic (exact) mass is 317 g/mol. The number of hydrogen-bond donors (Lipinski definition) is 0. The van der Waals surface area contributed by atoms with Crippen LogP contribution in [0.4, 0.5) is 5.82 Å². The summed E-state index contributed by atoms with van der Waals surface area (Å²) in [6.45, 7) is 8.89. The summed E-state index contributed by atoms with van der Waals surface area (Å²) in [4.78, 5) is 17.4. The summed E-state index contributed by atoms with van der Waals surface area (Å²) in [6.07, 6.45) is 3.10. The van der Waals surface area contributed by atoms with Crippen molar-refractivity contribution in [2.24, 2.45) is 0 Å². The molecule has 0 amide bonds. The fraction of sp³-hybridized carbons (Fsp3) is 0.562. The number of methoxy groups -OCH3 is 1. The predicted octanol–water partition coefficient (Wildman–Crippen LogP) is 1.92. The van der Waals surface area contributed by atoms with E-state index in [-0.39, 0.29) is 0 Å². The van der Waals surface area contributed by atoms with Crippen LogP contribution in [0.2, 0.25) is 0 Å². The van der Waals surface area contributed by atoms with Crippen molar-refractivity contribution >= 4 is 5.82 Å². The molecular weight excluding hydrogens is 294 g/mol. The van der Waals surface area contributed by atoms with Gasteiger partial charge in [-0.3, -0.25) is 4.90 Å². The highest BCUT2D eigenvalue weighted by Gasteiger charge is 2.21. The van der Waals surface area contributed by atoms with Gasteiger partial charge in [-0.1, -0.05) is 13.8 Å². The molecule has 1 aliphatic rings. The van der Waals surface area contributed by atoms with E-state index in [0.717, 1.165) is 50.0 Å². The minimum absolute atomic E-state index is 0.363. The number of anilines is 1. The maximum Gasteiger partial charge on any atom is 0.218 e. The van der Waals surface area contributed by atoms with Gasteiger partial charge in [-0.25, -0.2) is 15.0 Å². The smallest absolute Gasteiger partial charge is 0.218 e. The zero-order valence-electron chi connectivity index (χ0n) is 13.9. The molecule has 2 aromatic rings. The number of aromatic nitrogens is 3. The first-order valence-electron chi connectivity index (χ1n) is 7.93. The maximum absolute atomic E-state index is 5.50. The van der Waals surface area contributed by atoms with Crippen molar-refractivity contribution in [2.45, 2.75) is 26.3 Å². The van der Waals surface area contributed by atoms with Crippen molar-refractivity contribution in [1.29, 1.82) is 0 Å². The quantitative estimate of drug-likeness (QED) is 0.834. The Hall–Kier alpha value is -2.15. The fourth-order valence-corrected chi connectivity index (χ4v) is 2.83. The lowest BCUT2D eigenvalue weighted by atomic mass is 10.1. The number of piperazine rings is 1. The van der Waals surface area contributed by atoms with E-state index in [1.165, 1.54) is 0 Å². The van der Waals surface area contributed by atoms with Gasteiger partial charge in [0, 0.05) is 44.7 Å². The second-order valence-electron chi connectivity index (χ2n) is 6.00. The van der Waals surface area contributed by atoms with Crippen LogP contribution in [0.25, 0.3) is 0 Å². The Morgan fingerprint density at radius 2 is 1.96 bits per heavy atom. The van der Waals surface area contributed by atoms with Crippen LogP contribution in [0.3, 0.4) is 0 Å². The summed E-state index contributed by atoms with van der Waals surface area (Å²) >= 11 is 0. The number of ether oxygens (including phenoxy) is 1. The zero-order chi connectivity index (χ0) is 16.2. The standard InChI is InChI=1S/C16H23N5O2/c1-12(2)16-13(19-11-23-16)9-20-4-6-21(7-5-20)14-8-15(22-3)18-10-17-14/h8,10-12H,4-7,9H2,1-3H3. The molecule has 2 aromatic heterocycles. The minimum Gasteiger partial charge on any atom is -0.481 e. The van der Waals surface area contributed by atoms with Crippen molar-refractivity contribution < 1.29 is 9.15 Å². The molecule has 0 radical (unpaired) electrons. The highest BCUT2D eigenvalue weighted by Crippen LogP contribution is 2.21. The molecule has 0 unspecified atom stereocenters. The first-order valence-corrected chi connectivity index (χ1v) is 7.93. The Balaban J connectivity index is 1.59.